The largest absolute Gasteiger partial charge is 0.368 e. The molecule has 8 nitrogen and oxygen atoms in total. The van der Waals surface area contributed by atoms with Crippen LogP contribution in [-0.2, 0) is 14.8 Å². The average molecular weight is 494 g/mol. The van der Waals surface area contributed by atoms with E-state index in [0.29, 0.717) is 42.8 Å². The maximum atomic E-state index is 13.6. The van der Waals surface area contributed by atoms with Crippen LogP contribution in [0.1, 0.15) is 11.6 Å². The minimum absolute atomic E-state index is 0.0152. The predicted molar refractivity (Wildman–Crippen MR) is 132 cm³/mol. The van der Waals surface area contributed by atoms with Gasteiger partial charge in [-0.05, 0) is 29.8 Å². The van der Waals surface area contributed by atoms with Crippen LogP contribution in [0, 0.1) is 0 Å². The van der Waals surface area contributed by atoms with Crippen molar-refractivity contribution < 1.29 is 13.2 Å². The second-order valence-electron chi connectivity index (χ2n) is 8.00. The van der Waals surface area contributed by atoms with E-state index in [4.69, 9.17) is 0 Å². The maximum Gasteiger partial charge on any atom is 0.245 e. The normalized spacial score (nSPS) is 15.4. The highest BCUT2D eigenvalue weighted by Gasteiger charge is 2.33. The van der Waals surface area contributed by atoms with Gasteiger partial charge in [-0.15, -0.1) is 0 Å². The smallest absolute Gasteiger partial charge is 0.245 e. The monoisotopic (exact) mass is 493 g/mol. The highest BCUT2D eigenvalue weighted by atomic mass is 32.2. The third kappa shape index (κ3) is 4.52. The second kappa shape index (κ2) is 9.49. The number of para-hydroxylation sites is 1. The standard InChI is InChI=1S/C24H23N5O3S2/c30-24(29-16-14-28(15-17-29)19-10-5-2-6-11-19)22(18-8-3-1-4-9-18)27-34(31,32)21-13-7-12-20-23(21)26-33-25-20/h1-13,22,27H,14-17H2/t22-/m1/s1. The van der Waals surface area contributed by atoms with Crippen molar-refractivity contribution in [2.24, 2.45) is 0 Å². The third-order valence-electron chi connectivity index (χ3n) is 5.90. The first kappa shape index (κ1) is 22.5. The summed E-state index contributed by atoms with van der Waals surface area (Å²) in [7, 11) is -4.05. The Morgan fingerprint density at radius 3 is 2.24 bits per heavy atom. The number of carbonyl (C=O) groups is 1. The zero-order valence-corrected chi connectivity index (χ0v) is 19.9. The van der Waals surface area contributed by atoms with Crippen LogP contribution in [0.2, 0.25) is 0 Å². The number of nitrogens with zero attached hydrogens (tertiary/aromatic N) is 4. The number of fused-ring (bicyclic) bond motifs is 1. The van der Waals surface area contributed by atoms with Crippen LogP contribution in [-0.4, -0.2) is 54.2 Å². The van der Waals surface area contributed by atoms with Crippen LogP contribution in [0.4, 0.5) is 5.69 Å². The van der Waals surface area contributed by atoms with Crippen molar-refractivity contribution in [1.82, 2.24) is 18.4 Å². The van der Waals surface area contributed by atoms with Gasteiger partial charge in [0.2, 0.25) is 15.9 Å². The van der Waals surface area contributed by atoms with Crippen LogP contribution >= 0.6 is 11.7 Å². The summed E-state index contributed by atoms with van der Waals surface area (Å²) < 4.78 is 37.7. The summed E-state index contributed by atoms with van der Waals surface area (Å²) in [5.41, 5.74) is 2.51. The molecular weight excluding hydrogens is 470 g/mol. The van der Waals surface area contributed by atoms with Crippen molar-refractivity contribution in [1.29, 1.82) is 0 Å². The molecule has 0 bridgehead atoms. The van der Waals surface area contributed by atoms with Gasteiger partial charge in [-0.1, -0.05) is 54.6 Å². The summed E-state index contributed by atoms with van der Waals surface area (Å²) in [5, 5.41) is 0. The summed E-state index contributed by atoms with van der Waals surface area (Å²) in [6.45, 7) is 2.36. The maximum absolute atomic E-state index is 13.6. The van der Waals surface area contributed by atoms with E-state index in [1.165, 1.54) is 6.07 Å². The zero-order valence-electron chi connectivity index (χ0n) is 18.2. The number of hydrogen-bond acceptors (Lipinski definition) is 7. The molecule has 0 radical (unpaired) electrons. The first-order valence-electron chi connectivity index (χ1n) is 10.9. The Morgan fingerprint density at radius 1 is 0.853 bits per heavy atom. The van der Waals surface area contributed by atoms with Gasteiger partial charge in [-0.25, -0.2) is 8.42 Å². The van der Waals surface area contributed by atoms with E-state index in [9.17, 15) is 13.2 Å². The van der Waals surface area contributed by atoms with Gasteiger partial charge >= 0.3 is 0 Å². The van der Waals surface area contributed by atoms with E-state index in [1.54, 1.807) is 41.3 Å². The minimum Gasteiger partial charge on any atom is -0.368 e. The molecule has 0 aliphatic carbocycles. The Kier molecular flexibility index (Phi) is 6.27. The molecule has 1 atom stereocenters. The van der Waals surface area contributed by atoms with Gasteiger partial charge in [0.05, 0.1) is 11.7 Å². The van der Waals surface area contributed by atoms with Crippen LogP contribution < -0.4 is 9.62 Å². The van der Waals surface area contributed by atoms with Crippen LogP contribution in [0.3, 0.4) is 0 Å². The number of aromatic nitrogens is 2. The molecule has 1 saturated heterocycles. The summed E-state index contributed by atoms with van der Waals surface area (Å²) in [6.07, 6.45) is 0. The van der Waals surface area contributed by atoms with Gasteiger partial charge in [0.25, 0.3) is 0 Å². The molecule has 1 aliphatic heterocycles. The first-order valence-corrected chi connectivity index (χ1v) is 13.1. The summed E-state index contributed by atoms with van der Waals surface area (Å²) in [6, 6.07) is 22.8. The summed E-state index contributed by atoms with van der Waals surface area (Å²) >= 11 is 0.954. The summed E-state index contributed by atoms with van der Waals surface area (Å²) in [4.78, 5) is 17.6. The molecule has 3 aromatic carbocycles. The minimum atomic E-state index is -4.05. The Bertz CT molecular complexity index is 1390. The van der Waals surface area contributed by atoms with Crippen molar-refractivity contribution in [3.8, 4) is 0 Å². The predicted octanol–water partition coefficient (Wildman–Crippen LogP) is 3.06. The molecule has 4 aromatic rings. The molecule has 0 unspecified atom stereocenters. The lowest BCUT2D eigenvalue weighted by Gasteiger charge is -2.37. The number of hydrogen-bond donors (Lipinski definition) is 1. The van der Waals surface area contributed by atoms with Crippen LogP contribution in [0.25, 0.3) is 11.0 Å². The highest BCUT2D eigenvalue weighted by Crippen LogP contribution is 2.25. The topological polar surface area (TPSA) is 95.5 Å². The number of carbonyl (C=O) groups excluding carboxylic acids is 1. The quantitative estimate of drug-likeness (QED) is 0.444. The van der Waals surface area contributed by atoms with E-state index in [-0.39, 0.29) is 10.8 Å². The third-order valence-corrected chi connectivity index (χ3v) is 7.90. The van der Waals surface area contributed by atoms with Gasteiger partial charge < -0.3 is 9.80 Å². The number of sulfonamides is 1. The molecule has 0 saturated carbocycles. The van der Waals surface area contributed by atoms with E-state index >= 15 is 0 Å². The number of piperazine rings is 1. The molecule has 1 fully saturated rings. The van der Waals surface area contributed by atoms with Gasteiger partial charge in [0.15, 0.2) is 0 Å². The van der Waals surface area contributed by atoms with Crippen LogP contribution in [0.15, 0.2) is 83.8 Å². The van der Waals surface area contributed by atoms with Crippen molar-refractivity contribution in [2.75, 3.05) is 31.1 Å². The molecular formula is C24H23N5O3S2. The lowest BCUT2D eigenvalue weighted by atomic mass is 10.1. The van der Waals surface area contributed by atoms with Crippen LogP contribution in [0.5, 0.6) is 0 Å². The molecule has 10 heteroatoms. The molecule has 2 heterocycles. The zero-order chi connectivity index (χ0) is 23.5. The van der Waals surface area contributed by atoms with Gasteiger partial charge in [-0.3, -0.25) is 4.79 Å². The van der Waals surface area contributed by atoms with Crippen molar-refractivity contribution in [3.63, 3.8) is 0 Å². The Balaban J connectivity index is 1.40. The molecule has 5 rings (SSSR count). The van der Waals surface area contributed by atoms with Gasteiger partial charge in [0, 0.05) is 31.9 Å². The average Bonchev–Trinajstić information content (AvgIpc) is 3.37. The molecule has 1 N–H and O–H groups in total. The number of amides is 1. The van der Waals surface area contributed by atoms with E-state index in [0.717, 1.165) is 17.4 Å². The number of anilines is 1. The van der Waals surface area contributed by atoms with Crippen molar-refractivity contribution >= 4 is 44.4 Å². The fourth-order valence-corrected chi connectivity index (χ4v) is 6.07. The number of rotatable bonds is 6. The molecule has 1 amide bonds. The number of benzene rings is 3. The second-order valence-corrected chi connectivity index (χ2v) is 10.2. The molecule has 174 valence electrons. The SMILES string of the molecule is O=C([C@H](NS(=O)(=O)c1cccc2nsnc12)c1ccccc1)N1CCN(c2ccccc2)CC1. The lowest BCUT2D eigenvalue weighted by Crippen LogP contribution is -2.52. The van der Waals surface area contributed by atoms with Crippen molar-refractivity contribution in [3.05, 3.63) is 84.4 Å². The van der Waals surface area contributed by atoms with Gasteiger partial charge in [0.1, 0.15) is 22.0 Å². The van der Waals surface area contributed by atoms with Crippen molar-refractivity contribution in [2.45, 2.75) is 10.9 Å². The summed E-state index contributed by atoms with van der Waals surface area (Å²) in [5.74, 6) is -0.272. The fraction of sp³-hybridized carbons (Fsp3) is 0.208. The molecule has 34 heavy (non-hydrogen) atoms. The van der Waals surface area contributed by atoms with E-state index in [1.807, 2.05) is 36.4 Å². The fourth-order valence-electron chi connectivity index (χ4n) is 4.13. The Hall–Kier alpha value is -3.34. The number of nitrogens with one attached hydrogen (secondary N) is 1. The highest BCUT2D eigenvalue weighted by molar-refractivity contribution is 7.89. The lowest BCUT2D eigenvalue weighted by molar-refractivity contribution is -0.133. The first-order chi connectivity index (χ1) is 16.5. The Labute approximate surface area is 202 Å². The van der Waals surface area contributed by atoms with E-state index in [2.05, 4.69) is 18.4 Å². The molecule has 1 aliphatic rings. The molecule has 0 spiro atoms. The van der Waals surface area contributed by atoms with E-state index < -0.39 is 16.1 Å². The molecule has 1 aromatic heterocycles. The van der Waals surface area contributed by atoms with Gasteiger partial charge in [-0.2, -0.15) is 13.5 Å². The Morgan fingerprint density at radius 2 is 1.53 bits per heavy atom.